The Morgan fingerprint density at radius 2 is 1.72 bits per heavy atom. The Morgan fingerprint density at radius 3 is 2.40 bits per heavy atom. The molecule has 2 aromatic rings. The van der Waals surface area contributed by atoms with Gasteiger partial charge < -0.3 is 14.8 Å². The molecule has 6 nitrogen and oxygen atoms in total. The first-order chi connectivity index (χ1) is 12.0. The molecule has 0 saturated carbocycles. The quantitative estimate of drug-likeness (QED) is 0.476. The molecule has 130 valence electrons. The van der Waals surface area contributed by atoms with Gasteiger partial charge in [-0.3, -0.25) is 14.4 Å². The molecule has 2 aromatic carbocycles. The smallest absolute Gasteiger partial charge is 0.292 e. The fourth-order valence-corrected chi connectivity index (χ4v) is 2.29. The second-order valence-electron chi connectivity index (χ2n) is 5.34. The van der Waals surface area contributed by atoms with Gasteiger partial charge in [0.1, 0.15) is 11.5 Å². The van der Waals surface area contributed by atoms with Crippen LogP contribution in [0.2, 0.25) is 0 Å². The fraction of sp³-hybridized carbons (Fsp3) is 0.211. The van der Waals surface area contributed by atoms with Crippen LogP contribution < -0.4 is 14.8 Å². The van der Waals surface area contributed by atoms with E-state index in [2.05, 4.69) is 5.32 Å². The van der Waals surface area contributed by atoms with E-state index in [0.717, 1.165) is 0 Å². The average molecular weight is 341 g/mol. The Labute approximate surface area is 145 Å². The number of amides is 1. The summed E-state index contributed by atoms with van der Waals surface area (Å²) in [6.07, 6.45) is -0.512. The summed E-state index contributed by atoms with van der Waals surface area (Å²) in [7, 11) is 3.00. The van der Waals surface area contributed by atoms with Gasteiger partial charge >= 0.3 is 0 Å². The molecule has 0 aliphatic heterocycles. The normalized spacial score (nSPS) is 10.0. The number of ether oxygens (including phenoxy) is 2. The van der Waals surface area contributed by atoms with E-state index >= 15 is 0 Å². The van der Waals surface area contributed by atoms with E-state index in [0.29, 0.717) is 28.3 Å². The summed E-state index contributed by atoms with van der Waals surface area (Å²) in [6.45, 7) is 1.76. The van der Waals surface area contributed by atoms with Crippen molar-refractivity contribution in [2.75, 3.05) is 19.5 Å². The van der Waals surface area contributed by atoms with Gasteiger partial charge in [0.2, 0.25) is 5.78 Å². The first-order valence-electron chi connectivity index (χ1n) is 7.61. The highest BCUT2D eigenvalue weighted by atomic mass is 16.5. The van der Waals surface area contributed by atoms with Crippen LogP contribution >= 0.6 is 0 Å². The molecular weight excluding hydrogens is 322 g/mol. The Bertz CT molecular complexity index is 813. The number of ketones is 2. The molecule has 0 atom stereocenters. The molecular formula is C19H19NO5. The molecule has 0 aromatic heterocycles. The summed E-state index contributed by atoms with van der Waals surface area (Å²) in [5, 5.41) is 2.52. The van der Waals surface area contributed by atoms with E-state index in [1.807, 2.05) is 0 Å². The third-order valence-corrected chi connectivity index (χ3v) is 3.72. The maximum Gasteiger partial charge on any atom is 0.292 e. The summed E-state index contributed by atoms with van der Waals surface area (Å²) in [5.41, 5.74) is 1.48. The van der Waals surface area contributed by atoms with Gasteiger partial charge in [-0.25, -0.2) is 0 Å². The van der Waals surface area contributed by atoms with Gasteiger partial charge in [0.05, 0.1) is 20.6 Å². The van der Waals surface area contributed by atoms with Crippen LogP contribution in [0.5, 0.6) is 11.5 Å². The summed E-state index contributed by atoms with van der Waals surface area (Å²) in [4.78, 5) is 36.3. The number of hydrogen-bond acceptors (Lipinski definition) is 5. The highest BCUT2D eigenvalue weighted by Crippen LogP contribution is 2.25. The number of hydrogen-bond donors (Lipinski definition) is 1. The molecule has 0 aliphatic rings. The Kier molecular flexibility index (Phi) is 5.89. The molecule has 1 amide bonds. The van der Waals surface area contributed by atoms with E-state index in [-0.39, 0.29) is 0 Å². The van der Waals surface area contributed by atoms with Gasteiger partial charge in [-0.1, -0.05) is 18.2 Å². The van der Waals surface area contributed by atoms with Gasteiger partial charge in [-0.05, 0) is 31.2 Å². The number of carbonyl (C=O) groups is 3. The topological polar surface area (TPSA) is 81.7 Å². The standard InChI is InChI=1S/C19H19NO5/c1-12-15(8-5-9-18(12)25-3)20-19(23)17(22)11-16(21)13-6-4-7-14(10-13)24-2/h4-10H,11H2,1-3H3,(H,20,23). The van der Waals surface area contributed by atoms with Crippen LogP contribution in [0.1, 0.15) is 22.3 Å². The van der Waals surface area contributed by atoms with Crippen LogP contribution in [0.4, 0.5) is 5.69 Å². The van der Waals surface area contributed by atoms with Crippen LogP contribution in [0.25, 0.3) is 0 Å². The zero-order valence-electron chi connectivity index (χ0n) is 14.3. The van der Waals surface area contributed by atoms with Crippen LogP contribution in [-0.2, 0) is 9.59 Å². The van der Waals surface area contributed by atoms with Crippen LogP contribution in [0, 0.1) is 6.92 Å². The molecule has 0 spiro atoms. The number of nitrogens with one attached hydrogen (secondary N) is 1. The Balaban J connectivity index is 2.05. The highest BCUT2D eigenvalue weighted by Gasteiger charge is 2.20. The van der Waals surface area contributed by atoms with Crippen LogP contribution in [0.3, 0.4) is 0 Å². The van der Waals surface area contributed by atoms with Gasteiger partial charge in [0, 0.05) is 16.8 Å². The molecule has 0 aliphatic carbocycles. The maximum absolute atomic E-state index is 12.2. The third-order valence-electron chi connectivity index (χ3n) is 3.72. The zero-order valence-corrected chi connectivity index (χ0v) is 14.3. The number of Topliss-reactive ketones (excluding diaryl/α,β-unsaturated/α-hetero) is 2. The van der Waals surface area contributed by atoms with Gasteiger partial charge in [0.15, 0.2) is 5.78 Å². The fourth-order valence-electron chi connectivity index (χ4n) is 2.29. The van der Waals surface area contributed by atoms with Crippen molar-refractivity contribution in [3.05, 3.63) is 53.6 Å². The largest absolute Gasteiger partial charge is 0.497 e. The van der Waals surface area contributed by atoms with E-state index in [1.54, 1.807) is 43.3 Å². The first-order valence-corrected chi connectivity index (χ1v) is 7.61. The summed E-state index contributed by atoms with van der Waals surface area (Å²) >= 11 is 0. The van der Waals surface area contributed by atoms with Crippen molar-refractivity contribution < 1.29 is 23.9 Å². The molecule has 0 heterocycles. The third kappa shape index (κ3) is 4.44. The molecule has 0 unspecified atom stereocenters. The highest BCUT2D eigenvalue weighted by molar-refractivity contribution is 6.44. The minimum absolute atomic E-state index is 0.318. The minimum Gasteiger partial charge on any atom is -0.497 e. The molecule has 1 N–H and O–H groups in total. The molecule has 2 rings (SSSR count). The van der Waals surface area contributed by atoms with Crippen molar-refractivity contribution in [2.45, 2.75) is 13.3 Å². The van der Waals surface area contributed by atoms with E-state index in [1.165, 1.54) is 20.3 Å². The lowest BCUT2D eigenvalue weighted by molar-refractivity contribution is -0.134. The van der Waals surface area contributed by atoms with Crippen molar-refractivity contribution in [3.8, 4) is 11.5 Å². The van der Waals surface area contributed by atoms with Crippen LogP contribution in [-0.4, -0.2) is 31.7 Å². The number of rotatable bonds is 7. The first kappa shape index (κ1) is 18.2. The summed E-state index contributed by atoms with van der Waals surface area (Å²) < 4.78 is 10.2. The molecule has 25 heavy (non-hydrogen) atoms. The SMILES string of the molecule is COc1cccc(C(=O)CC(=O)C(=O)Nc2cccc(OC)c2C)c1. The van der Waals surface area contributed by atoms with Crippen molar-refractivity contribution >= 4 is 23.2 Å². The molecule has 0 bridgehead atoms. The van der Waals surface area contributed by atoms with E-state index in [9.17, 15) is 14.4 Å². The van der Waals surface area contributed by atoms with Crippen molar-refractivity contribution in [1.82, 2.24) is 0 Å². The predicted octanol–water partition coefficient (Wildman–Crippen LogP) is 2.79. The summed E-state index contributed by atoms with van der Waals surface area (Å²) in [5.74, 6) is -0.989. The number of benzene rings is 2. The zero-order chi connectivity index (χ0) is 18.4. The molecule has 0 fully saturated rings. The van der Waals surface area contributed by atoms with Crippen molar-refractivity contribution in [1.29, 1.82) is 0 Å². The van der Waals surface area contributed by atoms with Gasteiger partial charge in [0.25, 0.3) is 5.91 Å². The lowest BCUT2D eigenvalue weighted by Gasteiger charge is -2.11. The van der Waals surface area contributed by atoms with Crippen molar-refractivity contribution in [3.63, 3.8) is 0 Å². The number of carbonyl (C=O) groups excluding carboxylic acids is 3. The molecule has 0 saturated heterocycles. The van der Waals surface area contributed by atoms with Gasteiger partial charge in [-0.2, -0.15) is 0 Å². The lowest BCUT2D eigenvalue weighted by Crippen LogP contribution is -2.25. The van der Waals surface area contributed by atoms with Gasteiger partial charge in [-0.15, -0.1) is 0 Å². The number of methoxy groups -OCH3 is 2. The predicted molar refractivity (Wildman–Crippen MR) is 93.3 cm³/mol. The maximum atomic E-state index is 12.2. The van der Waals surface area contributed by atoms with Crippen LogP contribution in [0.15, 0.2) is 42.5 Å². The summed E-state index contributed by atoms with van der Waals surface area (Å²) in [6, 6.07) is 11.6. The van der Waals surface area contributed by atoms with Crippen molar-refractivity contribution in [2.24, 2.45) is 0 Å². The van der Waals surface area contributed by atoms with E-state index in [4.69, 9.17) is 9.47 Å². The minimum atomic E-state index is -0.840. The average Bonchev–Trinajstić information content (AvgIpc) is 2.63. The Morgan fingerprint density at radius 1 is 1.00 bits per heavy atom. The molecule has 6 heteroatoms. The second-order valence-corrected chi connectivity index (χ2v) is 5.34. The Hall–Kier alpha value is -3.15. The van der Waals surface area contributed by atoms with E-state index < -0.39 is 23.9 Å². The second kappa shape index (κ2) is 8.10. The monoisotopic (exact) mass is 341 g/mol. The molecule has 0 radical (unpaired) electrons. The number of anilines is 1. The lowest BCUT2D eigenvalue weighted by atomic mass is 10.1.